The SMILES string of the molecule is CCCC(C)(CN)N(CCOC)CC(C)C. The van der Waals surface area contributed by atoms with Crippen LogP contribution in [0.25, 0.3) is 0 Å². The number of hydrogen-bond donors (Lipinski definition) is 1. The molecule has 3 nitrogen and oxygen atoms in total. The third-order valence-electron chi connectivity index (χ3n) is 3.14. The van der Waals surface area contributed by atoms with Crippen molar-refractivity contribution in [1.82, 2.24) is 4.90 Å². The zero-order valence-electron chi connectivity index (χ0n) is 11.8. The number of methoxy groups -OCH3 is 1. The Morgan fingerprint density at radius 2 is 2.00 bits per heavy atom. The van der Waals surface area contributed by atoms with Crippen LogP contribution >= 0.6 is 0 Å². The highest BCUT2D eigenvalue weighted by Gasteiger charge is 2.29. The molecule has 0 aliphatic heterocycles. The molecule has 0 amide bonds. The summed E-state index contributed by atoms with van der Waals surface area (Å²) >= 11 is 0. The maximum atomic E-state index is 5.96. The maximum Gasteiger partial charge on any atom is 0.0589 e. The molecular weight excluding hydrogens is 200 g/mol. The highest BCUT2D eigenvalue weighted by molar-refractivity contribution is 4.87. The van der Waals surface area contributed by atoms with E-state index < -0.39 is 0 Å². The summed E-state index contributed by atoms with van der Waals surface area (Å²) in [5, 5.41) is 0. The fourth-order valence-electron chi connectivity index (χ4n) is 2.15. The molecule has 0 rings (SSSR count). The Labute approximate surface area is 101 Å². The average molecular weight is 230 g/mol. The Morgan fingerprint density at radius 3 is 2.38 bits per heavy atom. The van der Waals surface area contributed by atoms with E-state index in [9.17, 15) is 0 Å². The molecule has 0 aromatic rings. The van der Waals surface area contributed by atoms with Crippen molar-refractivity contribution < 1.29 is 4.74 Å². The van der Waals surface area contributed by atoms with E-state index in [4.69, 9.17) is 10.5 Å². The monoisotopic (exact) mass is 230 g/mol. The first kappa shape index (κ1) is 15.9. The second kappa shape index (κ2) is 8.04. The molecule has 0 bridgehead atoms. The topological polar surface area (TPSA) is 38.5 Å². The van der Waals surface area contributed by atoms with E-state index >= 15 is 0 Å². The molecule has 0 heterocycles. The number of nitrogens with zero attached hydrogens (tertiary/aromatic N) is 1. The number of hydrogen-bond acceptors (Lipinski definition) is 3. The van der Waals surface area contributed by atoms with Gasteiger partial charge in [-0.05, 0) is 19.3 Å². The fourth-order valence-corrected chi connectivity index (χ4v) is 2.15. The van der Waals surface area contributed by atoms with Gasteiger partial charge in [-0.2, -0.15) is 0 Å². The first-order valence-corrected chi connectivity index (χ1v) is 6.44. The Bertz CT molecular complexity index is 173. The molecule has 0 aromatic carbocycles. The third-order valence-corrected chi connectivity index (χ3v) is 3.14. The minimum Gasteiger partial charge on any atom is -0.383 e. The van der Waals surface area contributed by atoms with Crippen LogP contribution in [0.4, 0.5) is 0 Å². The van der Waals surface area contributed by atoms with Crippen LogP contribution in [0.3, 0.4) is 0 Å². The number of rotatable bonds is 9. The summed E-state index contributed by atoms with van der Waals surface area (Å²) in [4.78, 5) is 2.49. The van der Waals surface area contributed by atoms with E-state index in [1.807, 2.05) is 0 Å². The molecule has 1 atom stereocenters. The first-order valence-electron chi connectivity index (χ1n) is 6.44. The minimum absolute atomic E-state index is 0.123. The highest BCUT2D eigenvalue weighted by Crippen LogP contribution is 2.21. The van der Waals surface area contributed by atoms with Crippen LogP contribution in [0.2, 0.25) is 0 Å². The largest absolute Gasteiger partial charge is 0.383 e. The predicted octanol–water partition coefficient (Wildman–Crippen LogP) is 2.11. The fraction of sp³-hybridized carbons (Fsp3) is 1.00. The molecule has 2 N–H and O–H groups in total. The molecule has 0 saturated carbocycles. The van der Waals surface area contributed by atoms with Crippen LogP contribution in [0.15, 0.2) is 0 Å². The predicted molar refractivity (Wildman–Crippen MR) is 70.7 cm³/mol. The van der Waals surface area contributed by atoms with Gasteiger partial charge in [0.2, 0.25) is 0 Å². The molecule has 0 fully saturated rings. The quantitative estimate of drug-likeness (QED) is 0.659. The van der Waals surface area contributed by atoms with Crippen LogP contribution in [0, 0.1) is 5.92 Å². The van der Waals surface area contributed by atoms with Gasteiger partial charge in [-0.15, -0.1) is 0 Å². The van der Waals surface area contributed by atoms with E-state index in [-0.39, 0.29) is 5.54 Å². The van der Waals surface area contributed by atoms with Gasteiger partial charge >= 0.3 is 0 Å². The lowest BCUT2D eigenvalue weighted by molar-refractivity contribution is 0.0548. The van der Waals surface area contributed by atoms with Crippen LogP contribution < -0.4 is 5.73 Å². The van der Waals surface area contributed by atoms with Crippen molar-refractivity contribution in [2.45, 2.75) is 46.1 Å². The summed E-state index contributed by atoms with van der Waals surface area (Å²) in [6.07, 6.45) is 2.33. The van der Waals surface area contributed by atoms with Crippen molar-refractivity contribution >= 4 is 0 Å². The van der Waals surface area contributed by atoms with Crippen molar-refractivity contribution in [2.24, 2.45) is 11.7 Å². The Kier molecular flexibility index (Phi) is 7.98. The van der Waals surface area contributed by atoms with E-state index in [1.54, 1.807) is 7.11 Å². The van der Waals surface area contributed by atoms with Gasteiger partial charge in [0.15, 0.2) is 0 Å². The molecule has 0 saturated heterocycles. The average Bonchev–Trinajstić information content (AvgIpc) is 2.23. The minimum atomic E-state index is 0.123. The first-order chi connectivity index (χ1) is 7.50. The van der Waals surface area contributed by atoms with Crippen LogP contribution in [0.5, 0.6) is 0 Å². The van der Waals surface area contributed by atoms with Gasteiger partial charge in [-0.25, -0.2) is 0 Å². The summed E-state index contributed by atoms with van der Waals surface area (Å²) in [6, 6.07) is 0. The second-order valence-corrected chi connectivity index (χ2v) is 5.28. The zero-order valence-corrected chi connectivity index (χ0v) is 11.8. The third kappa shape index (κ3) is 5.28. The van der Waals surface area contributed by atoms with Gasteiger partial charge in [0, 0.05) is 32.3 Å². The molecule has 16 heavy (non-hydrogen) atoms. The molecule has 98 valence electrons. The van der Waals surface area contributed by atoms with Crippen molar-refractivity contribution in [3.63, 3.8) is 0 Å². The van der Waals surface area contributed by atoms with Crippen LogP contribution in [-0.4, -0.2) is 43.8 Å². The summed E-state index contributed by atoms with van der Waals surface area (Å²) in [6.45, 7) is 12.6. The summed E-state index contributed by atoms with van der Waals surface area (Å²) in [5.74, 6) is 0.666. The molecule has 1 unspecified atom stereocenters. The standard InChI is InChI=1S/C13H30N2O/c1-6-7-13(4,11-14)15(8-9-16-5)10-12(2)3/h12H,6-11,14H2,1-5H3. The van der Waals surface area contributed by atoms with Crippen LogP contribution in [0.1, 0.15) is 40.5 Å². The van der Waals surface area contributed by atoms with Gasteiger partial charge in [0.25, 0.3) is 0 Å². The number of nitrogens with two attached hydrogens (primary N) is 1. The van der Waals surface area contributed by atoms with Crippen LogP contribution in [-0.2, 0) is 4.74 Å². The smallest absolute Gasteiger partial charge is 0.0589 e. The molecule has 0 spiro atoms. The maximum absolute atomic E-state index is 5.96. The van der Waals surface area contributed by atoms with Crippen molar-refractivity contribution in [2.75, 3.05) is 33.4 Å². The van der Waals surface area contributed by atoms with Gasteiger partial charge < -0.3 is 10.5 Å². The molecule has 0 aliphatic rings. The zero-order chi connectivity index (χ0) is 12.6. The van der Waals surface area contributed by atoms with E-state index in [1.165, 1.54) is 6.42 Å². The lowest BCUT2D eigenvalue weighted by Gasteiger charge is -2.41. The molecule has 0 aromatic heterocycles. The lowest BCUT2D eigenvalue weighted by atomic mass is 9.93. The summed E-state index contributed by atoms with van der Waals surface area (Å²) in [7, 11) is 1.76. The van der Waals surface area contributed by atoms with Gasteiger partial charge in [0.1, 0.15) is 0 Å². The summed E-state index contributed by atoms with van der Waals surface area (Å²) in [5.41, 5.74) is 6.08. The molecule has 0 aliphatic carbocycles. The van der Waals surface area contributed by atoms with Crippen molar-refractivity contribution in [3.8, 4) is 0 Å². The molecular formula is C13H30N2O. The van der Waals surface area contributed by atoms with E-state index in [2.05, 4.69) is 32.6 Å². The normalized spacial score (nSPS) is 15.8. The van der Waals surface area contributed by atoms with Gasteiger partial charge in [0.05, 0.1) is 6.61 Å². The molecule has 0 radical (unpaired) electrons. The Morgan fingerprint density at radius 1 is 1.38 bits per heavy atom. The molecule has 3 heteroatoms. The summed E-state index contributed by atoms with van der Waals surface area (Å²) < 4.78 is 5.19. The Hall–Kier alpha value is -0.120. The second-order valence-electron chi connectivity index (χ2n) is 5.28. The van der Waals surface area contributed by atoms with Crippen molar-refractivity contribution in [3.05, 3.63) is 0 Å². The van der Waals surface area contributed by atoms with Crippen molar-refractivity contribution in [1.29, 1.82) is 0 Å². The highest BCUT2D eigenvalue weighted by atomic mass is 16.5. The Balaban J connectivity index is 4.53. The number of ether oxygens (including phenoxy) is 1. The lowest BCUT2D eigenvalue weighted by Crippen LogP contribution is -2.53. The van der Waals surface area contributed by atoms with E-state index in [0.717, 1.165) is 32.7 Å². The van der Waals surface area contributed by atoms with Gasteiger partial charge in [-0.1, -0.05) is 27.2 Å². The van der Waals surface area contributed by atoms with Gasteiger partial charge in [-0.3, -0.25) is 4.90 Å². The van der Waals surface area contributed by atoms with E-state index in [0.29, 0.717) is 5.92 Å².